The molecule has 0 bridgehead atoms. The summed E-state index contributed by atoms with van der Waals surface area (Å²) in [5.41, 5.74) is 1.03. The minimum atomic E-state index is -3.57. The second-order valence-corrected chi connectivity index (χ2v) is 6.79. The molecule has 0 saturated heterocycles. The van der Waals surface area contributed by atoms with E-state index < -0.39 is 10.0 Å². The van der Waals surface area contributed by atoms with Crippen molar-refractivity contribution in [1.29, 1.82) is 0 Å². The summed E-state index contributed by atoms with van der Waals surface area (Å²) in [6.45, 7) is 4.41. The second kappa shape index (κ2) is 6.72. The summed E-state index contributed by atoms with van der Waals surface area (Å²) in [4.78, 5) is 4.49. The smallest absolute Gasteiger partial charge is 0.250 e. The lowest BCUT2D eigenvalue weighted by Gasteiger charge is -2.23. The zero-order chi connectivity index (χ0) is 15.3. The predicted octanol–water partition coefficient (Wildman–Crippen LogP) is 3.39. The van der Waals surface area contributed by atoms with Gasteiger partial charge in [-0.15, -0.1) is 0 Å². The standard InChI is InChI=1S/C16H20N2O2S/c1-3-4-13-18(16-7-5-6-12-17-16)21(19,20)15-10-8-14(2)9-11-15/h5-12H,3-4,13H2,1-2H3. The number of hydrogen-bond donors (Lipinski definition) is 0. The van der Waals surface area contributed by atoms with Gasteiger partial charge in [-0.05, 0) is 37.6 Å². The van der Waals surface area contributed by atoms with Crippen LogP contribution in [0.3, 0.4) is 0 Å². The molecule has 4 nitrogen and oxygen atoms in total. The van der Waals surface area contributed by atoms with Crippen LogP contribution in [0.15, 0.2) is 53.6 Å². The highest BCUT2D eigenvalue weighted by Gasteiger charge is 2.25. The molecule has 0 N–H and O–H groups in total. The van der Waals surface area contributed by atoms with Crippen molar-refractivity contribution in [2.75, 3.05) is 10.8 Å². The van der Waals surface area contributed by atoms with Gasteiger partial charge in [-0.1, -0.05) is 37.1 Å². The molecular formula is C16H20N2O2S. The van der Waals surface area contributed by atoms with Crippen LogP contribution in [0.1, 0.15) is 25.3 Å². The zero-order valence-corrected chi connectivity index (χ0v) is 13.2. The first-order valence-corrected chi connectivity index (χ1v) is 8.50. The molecule has 0 spiro atoms. The lowest BCUT2D eigenvalue weighted by Crippen LogP contribution is -2.32. The zero-order valence-electron chi connectivity index (χ0n) is 12.4. The Kier molecular flexibility index (Phi) is 4.96. The van der Waals surface area contributed by atoms with Gasteiger partial charge in [-0.2, -0.15) is 0 Å². The summed E-state index contributed by atoms with van der Waals surface area (Å²) in [6, 6.07) is 12.2. The SMILES string of the molecule is CCCCN(c1ccccn1)S(=O)(=O)c1ccc(C)cc1. The first-order valence-electron chi connectivity index (χ1n) is 7.06. The Morgan fingerprint density at radius 3 is 2.38 bits per heavy atom. The Balaban J connectivity index is 2.42. The summed E-state index contributed by atoms with van der Waals surface area (Å²) in [7, 11) is -3.57. The molecule has 0 radical (unpaired) electrons. The Labute approximate surface area is 126 Å². The summed E-state index contributed by atoms with van der Waals surface area (Å²) in [6.07, 6.45) is 3.33. The molecular weight excluding hydrogens is 284 g/mol. The number of benzene rings is 1. The molecule has 5 heteroatoms. The minimum absolute atomic E-state index is 0.301. The Morgan fingerprint density at radius 1 is 1.10 bits per heavy atom. The van der Waals surface area contributed by atoms with Crippen molar-refractivity contribution >= 4 is 15.8 Å². The maximum Gasteiger partial charge on any atom is 0.265 e. The van der Waals surface area contributed by atoms with Gasteiger partial charge >= 0.3 is 0 Å². The van der Waals surface area contributed by atoms with Gasteiger partial charge in [-0.3, -0.25) is 0 Å². The van der Waals surface area contributed by atoms with Crippen LogP contribution in [0.2, 0.25) is 0 Å². The lowest BCUT2D eigenvalue weighted by atomic mass is 10.2. The number of sulfonamides is 1. The van der Waals surface area contributed by atoms with Gasteiger partial charge < -0.3 is 0 Å². The van der Waals surface area contributed by atoms with E-state index in [4.69, 9.17) is 0 Å². The van der Waals surface area contributed by atoms with Crippen molar-refractivity contribution in [3.05, 3.63) is 54.2 Å². The lowest BCUT2D eigenvalue weighted by molar-refractivity contribution is 0.588. The molecule has 2 aromatic rings. The first-order chi connectivity index (χ1) is 10.1. The fourth-order valence-electron chi connectivity index (χ4n) is 2.00. The molecule has 1 aromatic heterocycles. The molecule has 0 unspecified atom stereocenters. The fourth-order valence-corrected chi connectivity index (χ4v) is 3.46. The van der Waals surface area contributed by atoms with Crippen LogP contribution in [-0.4, -0.2) is 19.9 Å². The van der Waals surface area contributed by atoms with Crippen LogP contribution >= 0.6 is 0 Å². The molecule has 112 valence electrons. The van der Waals surface area contributed by atoms with Gasteiger partial charge in [0, 0.05) is 12.7 Å². The molecule has 0 atom stereocenters. The number of rotatable bonds is 6. The van der Waals surface area contributed by atoms with E-state index in [-0.39, 0.29) is 0 Å². The van der Waals surface area contributed by atoms with E-state index in [1.165, 1.54) is 4.31 Å². The van der Waals surface area contributed by atoms with E-state index in [2.05, 4.69) is 4.98 Å². The van der Waals surface area contributed by atoms with Crippen LogP contribution in [-0.2, 0) is 10.0 Å². The average molecular weight is 304 g/mol. The molecule has 0 saturated carbocycles. The predicted molar refractivity (Wildman–Crippen MR) is 84.9 cm³/mol. The highest BCUT2D eigenvalue weighted by molar-refractivity contribution is 7.92. The van der Waals surface area contributed by atoms with Gasteiger partial charge in [0.05, 0.1) is 4.90 Å². The third-order valence-electron chi connectivity index (χ3n) is 3.23. The number of pyridine rings is 1. The highest BCUT2D eigenvalue weighted by Crippen LogP contribution is 2.22. The van der Waals surface area contributed by atoms with Crippen LogP contribution in [0.25, 0.3) is 0 Å². The number of nitrogens with zero attached hydrogens (tertiary/aromatic N) is 2. The van der Waals surface area contributed by atoms with Crippen LogP contribution in [0.4, 0.5) is 5.82 Å². The van der Waals surface area contributed by atoms with Crippen LogP contribution in [0.5, 0.6) is 0 Å². The van der Waals surface area contributed by atoms with Crippen molar-refractivity contribution < 1.29 is 8.42 Å². The van der Waals surface area contributed by atoms with Crippen molar-refractivity contribution in [2.24, 2.45) is 0 Å². The highest BCUT2D eigenvalue weighted by atomic mass is 32.2. The van der Waals surface area contributed by atoms with Gasteiger partial charge in [0.25, 0.3) is 10.0 Å². The van der Waals surface area contributed by atoms with Crippen molar-refractivity contribution in [3.63, 3.8) is 0 Å². The van der Waals surface area contributed by atoms with E-state index in [0.29, 0.717) is 17.3 Å². The number of aryl methyl sites for hydroxylation is 1. The third-order valence-corrected chi connectivity index (χ3v) is 5.05. The minimum Gasteiger partial charge on any atom is -0.250 e. The van der Waals surface area contributed by atoms with E-state index in [9.17, 15) is 8.42 Å². The maximum absolute atomic E-state index is 12.8. The van der Waals surface area contributed by atoms with E-state index in [0.717, 1.165) is 18.4 Å². The summed E-state index contributed by atoms with van der Waals surface area (Å²) in [5.74, 6) is 0.464. The molecule has 0 aliphatic carbocycles. The molecule has 21 heavy (non-hydrogen) atoms. The van der Waals surface area contributed by atoms with Gasteiger partial charge in [0.2, 0.25) is 0 Å². The molecule has 1 heterocycles. The van der Waals surface area contributed by atoms with Gasteiger partial charge in [0.15, 0.2) is 0 Å². The topological polar surface area (TPSA) is 50.3 Å². The van der Waals surface area contributed by atoms with Gasteiger partial charge in [0.1, 0.15) is 5.82 Å². The fraction of sp³-hybridized carbons (Fsp3) is 0.312. The van der Waals surface area contributed by atoms with E-state index in [1.54, 1.807) is 36.5 Å². The van der Waals surface area contributed by atoms with Crippen molar-refractivity contribution in [2.45, 2.75) is 31.6 Å². The van der Waals surface area contributed by atoms with Crippen LogP contribution in [0, 0.1) is 6.92 Å². The van der Waals surface area contributed by atoms with Crippen molar-refractivity contribution in [1.82, 2.24) is 4.98 Å². The quantitative estimate of drug-likeness (QED) is 0.822. The maximum atomic E-state index is 12.8. The molecule has 1 aromatic carbocycles. The largest absolute Gasteiger partial charge is 0.265 e. The number of aromatic nitrogens is 1. The van der Waals surface area contributed by atoms with Crippen LogP contribution < -0.4 is 4.31 Å². The van der Waals surface area contributed by atoms with Gasteiger partial charge in [-0.25, -0.2) is 17.7 Å². The molecule has 0 amide bonds. The Bertz CT molecular complexity index is 667. The first kappa shape index (κ1) is 15.5. The average Bonchev–Trinajstić information content (AvgIpc) is 2.49. The monoisotopic (exact) mass is 304 g/mol. The molecule has 0 aliphatic rings. The normalized spacial score (nSPS) is 11.3. The summed E-state index contributed by atoms with van der Waals surface area (Å²) < 4.78 is 27.1. The summed E-state index contributed by atoms with van der Waals surface area (Å²) >= 11 is 0. The number of unbranched alkanes of at least 4 members (excludes halogenated alkanes) is 1. The Morgan fingerprint density at radius 2 is 1.81 bits per heavy atom. The number of anilines is 1. The molecule has 0 fully saturated rings. The molecule has 0 aliphatic heterocycles. The van der Waals surface area contributed by atoms with E-state index >= 15 is 0 Å². The van der Waals surface area contributed by atoms with E-state index in [1.807, 2.05) is 26.0 Å². The van der Waals surface area contributed by atoms with Crippen molar-refractivity contribution in [3.8, 4) is 0 Å². The third kappa shape index (κ3) is 3.61. The second-order valence-electron chi connectivity index (χ2n) is 4.93. The molecule has 2 rings (SSSR count). The number of hydrogen-bond acceptors (Lipinski definition) is 3. The Hall–Kier alpha value is -1.88. The summed E-state index contributed by atoms with van der Waals surface area (Å²) in [5, 5.41) is 0.